The predicted octanol–water partition coefficient (Wildman–Crippen LogP) is 8.01. The van der Waals surface area contributed by atoms with Crippen LogP contribution in [0.25, 0.3) is 0 Å². The lowest BCUT2D eigenvalue weighted by molar-refractivity contribution is 0.0929. The van der Waals surface area contributed by atoms with Gasteiger partial charge in [0.05, 0.1) is 6.10 Å². The van der Waals surface area contributed by atoms with Gasteiger partial charge in [0.1, 0.15) is 0 Å². The average Bonchev–Trinajstić information content (AvgIpc) is 3.03. The summed E-state index contributed by atoms with van der Waals surface area (Å²) in [5, 5.41) is 10.1. The maximum absolute atomic E-state index is 10.1. The molecule has 3 aliphatic carbocycles. The molecule has 3 saturated carbocycles. The third-order valence-electron chi connectivity index (χ3n) is 8.63. The first-order valence-corrected chi connectivity index (χ1v) is 12.6. The van der Waals surface area contributed by atoms with Crippen LogP contribution in [0.2, 0.25) is 0 Å². The Morgan fingerprint density at radius 3 is 2.55 bits per heavy atom. The van der Waals surface area contributed by atoms with E-state index in [0.717, 1.165) is 42.9 Å². The van der Waals surface area contributed by atoms with Gasteiger partial charge in [-0.25, -0.2) is 0 Å². The van der Waals surface area contributed by atoms with E-state index >= 15 is 0 Å². The molecule has 0 aromatic heterocycles. The van der Waals surface area contributed by atoms with Crippen molar-refractivity contribution in [3.63, 3.8) is 0 Å². The van der Waals surface area contributed by atoms with Crippen LogP contribution in [0.3, 0.4) is 0 Å². The number of allylic oxidation sites excluding steroid dienone is 5. The zero-order valence-corrected chi connectivity index (χ0v) is 19.8. The van der Waals surface area contributed by atoms with Crippen molar-refractivity contribution >= 4 is 0 Å². The number of fused-ring (bicyclic) bond motifs is 1. The van der Waals surface area contributed by atoms with Crippen molar-refractivity contribution in [1.29, 1.82) is 0 Å². The van der Waals surface area contributed by atoms with Crippen LogP contribution in [0.5, 0.6) is 0 Å². The second kappa shape index (κ2) is 9.99. The molecule has 3 fully saturated rings. The summed E-state index contributed by atoms with van der Waals surface area (Å²) in [7, 11) is 0. The zero-order chi connectivity index (χ0) is 21.0. The van der Waals surface area contributed by atoms with Gasteiger partial charge >= 0.3 is 0 Å². The van der Waals surface area contributed by atoms with Crippen molar-refractivity contribution < 1.29 is 5.11 Å². The Hall–Kier alpha value is -0.820. The number of aliphatic hydroxyl groups excluding tert-OH is 1. The molecule has 3 rings (SSSR count). The Bertz CT molecular complexity index is 637. The van der Waals surface area contributed by atoms with Crippen LogP contribution in [0.1, 0.15) is 105 Å². The van der Waals surface area contributed by atoms with E-state index in [2.05, 4.69) is 52.8 Å². The van der Waals surface area contributed by atoms with E-state index in [1.807, 2.05) is 0 Å². The standard InChI is InChI=1S/C28H46O/c1-6-22-14-15-25(29)19-24(22)13-12-23-11-8-18-28(5)26(16-17-27(23)28)21(4)10-7-9-20(2)3/h6,12-13,20-21,25-27,29H,7-11,14-19H2,1-5H3/b22-6+,23-12+,24-13+/t21-,25+,26-,27+,28-/m1/s1. The van der Waals surface area contributed by atoms with Crippen molar-refractivity contribution in [2.75, 3.05) is 0 Å². The van der Waals surface area contributed by atoms with E-state index in [1.54, 1.807) is 5.57 Å². The van der Waals surface area contributed by atoms with Gasteiger partial charge in [0.2, 0.25) is 0 Å². The molecule has 0 spiro atoms. The highest BCUT2D eigenvalue weighted by Gasteiger charge is 2.50. The lowest BCUT2D eigenvalue weighted by atomic mass is 9.60. The largest absolute Gasteiger partial charge is 0.393 e. The van der Waals surface area contributed by atoms with Crippen LogP contribution < -0.4 is 0 Å². The lowest BCUT2D eigenvalue weighted by Gasteiger charge is -2.44. The molecule has 0 radical (unpaired) electrons. The topological polar surface area (TPSA) is 20.2 Å². The predicted molar refractivity (Wildman–Crippen MR) is 126 cm³/mol. The molecule has 5 atom stereocenters. The van der Waals surface area contributed by atoms with Crippen LogP contribution >= 0.6 is 0 Å². The summed E-state index contributed by atoms with van der Waals surface area (Å²) in [6.07, 6.45) is 20.8. The third kappa shape index (κ3) is 5.27. The molecule has 29 heavy (non-hydrogen) atoms. The van der Waals surface area contributed by atoms with Gasteiger partial charge in [0.25, 0.3) is 0 Å². The molecule has 0 amide bonds. The van der Waals surface area contributed by atoms with E-state index in [-0.39, 0.29) is 6.10 Å². The molecule has 1 N–H and O–H groups in total. The molecular formula is C28H46O. The molecule has 0 saturated heterocycles. The maximum atomic E-state index is 10.1. The number of hydrogen-bond acceptors (Lipinski definition) is 1. The molecule has 164 valence electrons. The minimum absolute atomic E-state index is 0.150. The van der Waals surface area contributed by atoms with Crippen molar-refractivity contribution in [2.45, 2.75) is 111 Å². The normalized spacial score (nSPS) is 38.2. The highest BCUT2D eigenvalue weighted by atomic mass is 16.3. The molecule has 0 bridgehead atoms. The van der Waals surface area contributed by atoms with Crippen LogP contribution in [0, 0.1) is 29.1 Å². The van der Waals surface area contributed by atoms with Gasteiger partial charge in [-0.15, -0.1) is 0 Å². The Kier molecular flexibility index (Phi) is 7.87. The van der Waals surface area contributed by atoms with E-state index in [9.17, 15) is 5.11 Å². The highest BCUT2D eigenvalue weighted by Crippen LogP contribution is 2.59. The molecule has 3 aliphatic rings. The van der Waals surface area contributed by atoms with Crippen LogP contribution in [0.15, 0.2) is 34.9 Å². The Labute approximate surface area is 180 Å². The minimum Gasteiger partial charge on any atom is -0.393 e. The lowest BCUT2D eigenvalue weighted by Crippen LogP contribution is -2.36. The fourth-order valence-electron chi connectivity index (χ4n) is 6.95. The van der Waals surface area contributed by atoms with Gasteiger partial charge in [-0.2, -0.15) is 0 Å². The van der Waals surface area contributed by atoms with Gasteiger partial charge in [0.15, 0.2) is 0 Å². The minimum atomic E-state index is -0.150. The summed E-state index contributed by atoms with van der Waals surface area (Å²) in [4.78, 5) is 0. The van der Waals surface area contributed by atoms with Gasteiger partial charge < -0.3 is 5.11 Å². The first-order valence-electron chi connectivity index (χ1n) is 12.6. The van der Waals surface area contributed by atoms with Crippen LogP contribution in [-0.4, -0.2) is 11.2 Å². The molecule has 0 heterocycles. The van der Waals surface area contributed by atoms with E-state index in [1.165, 1.54) is 62.5 Å². The Morgan fingerprint density at radius 1 is 1.03 bits per heavy atom. The molecule has 0 aromatic carbocycles. The first kappa shape index (κ1) is 22.9. The maximum Gasteiger partial charge on any atom is 0.0583 e. The summed E-state index contributed by atoms with van der Waals surface area (Å²) >= 11 is 0. The smallest absolute Gasteiger partial charge is 0.0583 e. The van der Waals surface area contributed by atoms with E-state index in [0.29, 0.717) is 5.41 Å². The first-order chi connectivity index (χ1) is 13.8. The fraction of sp³-hybridized carbons (Fsp3) is 0.786. The number of rotatable bonds is 6. The van der Waals surface area contributed by atoms with Crippen molar-refractivity contribution in [2.24, 2.45) is 29.1 Å². The summed E-state index contributed by atoms with van der Waals surface area (Å²) in [5.74, 6) is 3.39. The number of aliphatic hydroxyl groups is 1. The quantitative estimate of drug-likeness (QED) is 0.480. The zero-order valence-electron chi connectivity index (χ0n) is 19.8. The molecule has 1 nitrogen and oxygen atoms in total. The van der Waals surface area contributed by atoms with Gasteiger partial charge in [-0.3, -0.25) is 0 Å². The van der Waals surface area contributed by atoms with E-state index in [4.69, 9.17) is 0 Å². The van der Waals surface area contributed by atoms with E-state index < -0.39 is 0 Å². The second-order valence-corrected chi connectivity index (χ2v) is 11.0. The fourth-order valence-corrected chi connectivity index (χ4v) is 6.95. The van der Waals surface area contributed by atoms with Gasteiger partial charge in [-0.05, 0) is 98.5 Å². The van der Waals surface area contributed by atoms with Gasteiger partial charge in [-0.1, -0.05) is 70.8 Å². The average molecular weight is 399 g/mol. The third-order valence-corrected chi connectivity index (χ3v) is 8.63. The molecule has 0 aliphatic heterocycles. The summed E-state index contributed by atoms with van der Waals surface area (Å²) in [5.41, 5.74) is 5.05. The van der Waals surface area contributed by atoms with Crippen LogP contribution in [-0.2, 0) is 0 Å². The molecule has 1 heteroatoms. The Morgan fingerprint density at radius 2 is 1.83 bits per heavy atom. The summed E-state index contributed by atoms with van der Waals surface area (Å²) < 4.78 is 0. The highest BCUT2D eigenvalue weighted by molar-refractivity contribution is 5.37. The SMILES string of the molecule is C\C=C1/CC[C@H](O)C/C1=C\C=C1/CCC[C@]2(C)[C@@H]([C@H](C)CCCC(C)C)CC[C@@H]12. The molecule has 0 aromatic rings. The van der Waals surface area contributed by atoms with Gasteiger partial charge in [0, 0.05) is 0 Å². The van der Waals surface area contributed by atoms with Crippen molar-refractivity contribution in [3.05, 3.63) is 34.9 Å². The Balaban J connectivity index is 1.72. The van der Waals surface area contributed by atoms with Crippen LogP contribution in [0.4, 0.5) is 0 Å². The molecular weight excluding hydrogens is 352 g/mol. The monoisotopic (exact) mass is 398 g/mol. The summed E-state index contributed by atoms with van der Waals surface area (Å²) in [6, 6.07) is 0. The number of hydrogen-bond donors (Lipinski definition) is 1. The second-order valence-electron chi connectivity index (χ2n) is 11.0. The van der Waals surface area contributed by atoms with Crippen molar-refractivity contribution in [3.8, 4) is 0 Å². The van der Waals surface area contributed by atoms with Crippen molar-refractivity contribution in [1.82, 2.24) is 0 Å². The summed E-state index contributed by atoms with van der Waals surface area (Å²) in [6.45, 7) is 12.0. The molecule has 0 unspecified atom stereocenters.